The molecule has 1 saturated heterocycles. The van der Waals surface area contributed by atoms with Gasteiger partial charge in [0.1, 0.15) is 5.82 Å². The third-order valence-electron chi connectivity index (χ3n) is 5.27. The maximum absolute atomic E-state index is 10.7. The molecule has 2 aromatic rings. The van der Waals surface area contributed by atoms with Crippen molar-refractivity contribution in [2.45, 2.75) is 12.0 Å². The highest BCUT2D eigenvalue weighted by Crippen LogP contribution is 2.68. The van der Waals surface area contributed by atoms with Crippen molar-refractivity contribution in [3.8, 4) is 0 Å². The van der Waals surface area contributed by atoms with Gasteiger partial charge in [0.05, 0.1) is 12.3 Å². The van der Waals surface area contributed by atoms with E-state index < -0.39 is 6.10 Å². The maximum atomic E-state index is 10.7. The average Bonchev–Trinajstić information content (AvgIpc) is 3.11. The Morgan fingerprint density at radius 2 is 2.05 bits per heavy atom. The predicted molar refractivity (Wildman–Crippen MR) is 82.4 cm³/mol. The second-order valence-corrected chi connectivity index (χ2v) is 6.25. The van der Waals surface area contributed by atoms with Gasteiger partial charge < -0.3 is 15.1 Å². The Labute approximate surface area is 129 Å². The lowest BCUT2D eigenvalue weighted by atomic mass is 9.95. The van der Waals surface area contributed by atoms with Crippen LogP contribution in [0.1, 0.15) is 11.5 Å². The van der Waals surface area contributed by atoms with E-state index in [0.717, 1.165) is 5.82 Å². The van der Waals surface area contributed by atoms with Crippen molar-refractivity contribution in [3.63, 3.8) is 0 Å². The molecule has 2 heterocycles. The van der Waals surface area contributed by atoms with Gasteiger partial charge in [-0.2, -0.15) is 0 Å². The van der Waals surface area contributed by atoms with Gasteiger partial charge in [-0.25, -0.2) is 4.98 Å². The molecule has 1 spiro atoms. The van der Waals surface area contributed by atoms with Crippen LogP contribution >= 0.6 is 0 Å². The van der Waals surface area contributed by atoms with Gasteiger partial charge in [0.25, 0.3) is 0 Å². The van der Waals surface area contributed by atoms with Crippen molar-refractivity contribution < 1.29 is 10.2 Å². The summed E-state index contributed by atoms with van der Waals surface area (Å²) in [4.78, 5) is 10.5. The van der Waals surface area contributed by atoms with Crippen LogP contribution in [-0.2, 0) is 0 Å². The first-order chi connectivity index (χ1) is 10.8. The molecule has 0 radical (unpaired) electrons. The van der Waals surface area contributed by atoms with Crippen LogP contribution in [0, 0.1) is 11.3 Å². The van der Waals surface area contributed by atoms with Crippen molar-refractivity contribution in [2.75, 3.05) is 24.6 Å². The van der Waals surface area contributed by atoms with Crippen molar-refractivity contribution in [3.05, 3.63) is 54.5 Å². The number of aromatic nitrogens is 2. The van der Waals surface area contributed by atoms with Gasteiger partial charge in [-0.15, -0.1) is 0 Å². The molecule has 5 nitrogen and oxygen atoms in total. The van der Waals surface area contributed by atoms with Crippen LogP contribution in [0.15, 0.2) is 48.9 Å². The fraction of sp³-hybridized carbons (Fsp3) is 0.412. The fourth-order valence-corrected chi connectivity index (χ4v) is 4.20. The Kier molecular flexibility index (Phi) is 3.13. The van der Waals surface area contributed by atoms with Crippen LogP contribution in [0.5, 0.6) is 0 Å². The standard InChI is InChI=1S/C17H19N3O2/c21-10-13-16(12-4-2-1-3-5-12)17(13)11-20(9-14(17)22)15-8-18-6-7-19-15/h1-8,13-14,16,21-22H,9-11H2/t13-,14-,16-,17-/m1/s1. The van der Waals surface area contributed by atoms with Crippen molar-refractivity contribution >= 4 is 5.82 Å². The molecular formula is C17H19N3O2. The molecule has 2 fully saturated rings. The molecule has 0 bridgehead atoms. The molecule has 2 aliphatic rings. The fourth-order valence-electron chi connectivity index (χ4n) is 4.20. The van der Waals surface area contributed by atoms with E-state index in [4.69, 9.17) is 0 Å². The van der Waals surface area contributed by atoms with E-state index >= 15 is 0 Å². The molecule has 0 unspecified atom stereocenters. The lowest BCUT2D eigenvalue weighted by molar-refractivity contribution is 0.113. The lowest BCUT2D eigenvalue weighted by Crippen LogP contribution is -2.23. The van der Waals surface area contributed by atoms with E-state index in [2.05, 4.69) is 27.0 Å². The Balaban J connectivity index is 1.64. The zero-order chi connectivity index (χ0) is 15.2. The number of aliphatic hydroxyl groups excluding tert-OH is 2. The van der Waals surface area contributed by atoms with Crippen LogP contribution in [0.25, 0.3) is 0 Å². The summed E-state index contributed by atoms with van der Waals surface area (Å²) in [5, 5.41) is 20.5. The molecule has 4 atom stereocenters. The summed E-state index contributed by atoms with van der Waals surface area (Å²) < 4.78 is 0. The summed E-state index contributed by atoms with van der Waals surface area (Å²) in [7, 11) is 0. The highest BCUT2D eigenvalue weighted by atomic mass is 16.3. The Morgan fingerprint density at radius 1 is 1.23 bits per heavy atom. The first-order valence-electron chi connectivity index (χ1n) is 7.62. The summed E-state index contributed by atoms with van der Waals surface area (Å²) in [5.74, 6) is 1.09. The van der Waals surface area contributed by atoms with E-state index in [1.54, 1.807) is 18.6 Å². The quantitative estimate of drug-likeness (QED) is 0.886. The molecule has 0 amide bonds. The largest absolute Gasteiger partial charge is 0.396 e. The van der Waals surface area contributed by atoms with Crippen molar-refractivity contribution in [1.29, 1.82) is 0 Å². The molecule has 1 aliphatic carbocycles. The van der Waals surface area contributed by atoms with Crippen molar-refractivity contribution in [2.24, 2.45) is 11.3 Å². The SMILES string of the molecule is OC[C@@H]1[C@@H](c2ccccc2)[C@]12CN(c1cnccn1)C[C@H]2O. The molecule has 114 valence electrons. The van der Waals surface area contributed by atoms with E-state index in [-0.39, 0.29) is 23.9 Å². The first kappa shape index (κ1) is 13.7. The normalized spacial score (nSPS) is 33.4. The third kappa shape index (κ3) is 1.86. The highest BCUT2D eigenvalue weighted by molar-refractivity contribution is 5.45. The summed E-state index contributed by atoms with van der Waals surface area (Å²) in [6.07, 6.45) is 4.57. The highest BCUT2D eigenvalue weighted by Gasteiger charge is 2.71. The minimum atomic E-state index is -0.461. The molecule has 22 heavy (non-hydrogen) atoms. The summed E-state index contributed by atoms with van der Waals surface area (Å²) >= 11 is 0. The maximum Gasteiger partial charge on any atom is 0.147 e. The molecule has 2 N–H and O–H groups in total. The molecule has 1 aliphatic heterocycles. The Bertz CT molecular complexity index is 651. The monoisotopic (exact) mass is 297 g/mol. The molecule has 5 heteroatoms. The zero-order valence-electron chi connectivity index (χ0n) is 12.2. The van der Waals surface area contributed by atoms with Crippen LogP contribution in [0.4, 0.5) is 5.82 Å². The van der Waals surface area contributed by atoms with E-state index in [1.165, 1.54) is 5.56 Å². The van der Waals surface area contributed by atoms with E-state index in [9.17, 15) is 10.2 Å². The molecule has 1 aromatic heterocycles. The zero-order valence-corrected chi connectivity index (χ0v) is 12.2. The van der Waals surface area contributed by atoms with Crippen LogP contribution in [0.3, 0.4) is 0 Å². The number of anilines is 1. The molecular weight excluding hydrogens is 278 g/mol. The predicted octanol–water partition coefficient (Wildman–Crippen LogP) is 1.05. The minimum Gasteiger partial charge on any atom is -0.396 e. The Morgan fingerprint density at radius 3 is 2.73 bits per heavy atom. The van der Waals surface area contributed by atoms with Crippen molar-refractivity contribution in [1.82, 2.24) is 9.97 Å². The summed E-state index contributed by atoms with van der Waals surface area (Å²) in [5.41, 5.74) is 0.926. The van der Waals surface area contributed by atoms with E-state index in [0.29, 0.717) is 13.1 Å². The number of β-amino-alcohol motifs (C(OH)–C–C–N with tert-alkyl or cyclic N) is 1. The summed E-state index contributed by atoms with van der Waals surface area (Å²) in [6.45, 7) is 1.35. The van der Waals surface area contributed by atoms with Crippen LogP contribution in [-0.4, -0.2) is 46.0 Å². The number of benzene rings is 1. The van der Waals surface area contributed by atoms with E-state index in [1.807, 2.05) is 18.2 Å². The third-order valence-corrected chi connectivity index (χ3v) is 5.27. The average molecular weight is 297 g/mol. The second kappa shape index (κ2) is 5.04. The molecule has 1 saturated carbocycles. The number of aliphatic hydroxyl groups is 2. The molecule has 1 aromatic carbocycles. The van der Waals surface area contributed by atoms with Gasteiger partial charge in [-0.1, -0.05) is 30.3 Å². The van der Waals surface area contributed by atoms with Gasteiger partial charge in [-0.3, -0.25) is 4.98 Å². The van der Waals surface area contributed by atoms with Gasteiger partial charge in [-0.05, 0) is 17.4 Å². The van der Waals surface area contributed by atoms with Gasteiger partial charge in [0.15, 0.2) is 0 Å². The topological polar surface area (TPSA) is 69.5 Å². The lowest BCUT2D eigenvalue weighted by Gasteiger charge is -2.16. The molecule has 4 rings (SSSR count). The summed E-state index contributed by atoms with van der Waals surface area (Å²) in [6, 6.07) is 10.2. The smallest absolute Gasteiger partial charge is 0.147 e. The Hall–Kier alpha value is -1.98. The van der Waals surface area contributed by atoms with Gasteiger partial charge in [0.2, 0.25) is 0 Å². The van der Waals surface area contributed by atoms with Crippen LogP contribution < -0.4 is 4.90 Å². The number of hydrogen-bond acceptors (Lipinski definition) is 5. The second-order valence-electron chi connectivity index (χ2n) is 6.25. The first-order valence-corrected chi connectivity index (χ1v) is 7.62. The van der Waals surface area contributed by atoms with Gasteiger partial charge >= 0.3 is 0 Å². The minimum absolute atomic E-state index is 0.102. The number of hydrogen-bond donors (Lipinski definition) is 2. The number of nitrogens with zero attached hydrogens (tertiary/aromatic N) is 3. The van der Waals surface area contributed by atoms with Gasteiger partial charge in [0, 0.05) is 37.5 Å². The number of rotatable bonds is 3. The van der Waals surface area contributed by atoms with Crippen LogP contribution in [0.2, 0.25) is 0 Å².